The lowest BCUT2D eigenvalue weighted by atomic mass is 10.1. The second-order valence-electron chi connectivity index (χ2n) is 4.73. The highest BCUT2D eigenvalue weighted by Crippen LogP contribution is 2.12. The first-order valence-electron chi connectivity index (χ1n) is 5.19. The Labute approximate surface area is 103 Å². The number of nitrogens with zero attached hydrogens (tertiary/aromatic N) is 1. The highest BCUT2D eigenvalue weighted by molar-refractivity contribution is 7.85. The minimum absolute atomic E-state index is 0.124. The molecule has 0 fully saturated rings. The van der Waals surface area contributed by atoms with Crippen LogP contribution in [0.4, 0.5) is 0 Å². The Hall–Kier alpha value is -1.17. The monoisotopic (exact) mass is 255 g/mol. The molecule has 1 aromatic rings. The van der Waals surface area contributed by atoms with Gasteiger partial charge in [0, 0.05) is 5.56 Å². The molecule has 4 nitrogen and oxygen atoms in total. The Morgan fingerprint density at radius 2 is 1.82 bits per heavy atom. The van der Waals surface area contributed by atoms with E-state index < -0.39 is 16.0 Å². The average molecular weight is 255 g/mol. The van der Waals surface area contributed by atoms with Crippen LogP contribution in [0.1, 0.15) is 11.1 Å². The van der Waals surface area contributed by atoms with Gasteiger partial charge in [0.05, 0.1) is 14.1 Å². The minimum atomic E-state index is -4.21. The number of hydrogen-bond acceptors (Lipinski definition) is 3. The summed E-state index contributed by atoms with van der Waals surface area (Å²) in [4.78, 5) is 0. The SMILES string of the molecule is C=Cc1ccc(C[N+](C)(C)CS(=O)(=O)[O-])cc1. The normalized spacial score (nSPS) is 12.4. The first kappa shape index (κ1) is 13.9. The van der Waals surface area contributed by atoms with Crippen LogP contribution in [-0.2, 0) is 16.7 Å². The zero-order valence-electron chi connectivity index (χ0n) is 10.1. The van der Waals surface area contributed by atoms with Gasteiger partial charge in [-0.05, 0) is 5.56 Å². The molecule has 5 heteroatoms. The molecule has 0 atom stereocenters. The van der Waals surface area contributed by atoms with Gasteiger partial charge in [0.2, 0.25) is 0 Å². The summed E-state index contributed by atoms with van der Waals surface area (Å²) in [5, 5.41) is 0. The Kier molecular flexibility index (Phi) is 4.08. The van der Waals surface area contributed by atoms with Crippen LogP contribution in [0.5, 0.6) is 0 Å². The topological polar surface area (TPSA) is 57.2 Å². The highest BCUT2D eigenvalue weighted by Gasteiger charge is 2.19. The van der Waals surface area contributed by atoms with Gasteiger partial charge in [0.15, 0.2) is 5.88 Å². The second-order valence-corrected chi connectivity index (χ2v) is 6.10. The van der Waals surface area contributed by atoms with Crippen LogP contribution in [0.3, 0.4) is 0 Å². The predicted octanol–water partition coefficient (Wildman–Crippen LogP) is 1.41. The number of benzene rings is 1. The molecule has 0 aliphatic rings. The third-order valence-electron chi connectivity index (χ3n) is 2.33. The molecule has 0 spiro atoms. The minimum Gasteiger partial charge on any atom is -0.744 e. The van der Waals surface area contributed by atoms with Crippen molar-refractivity contribution in [2.24, 2.45) is 0 Å². The molecule has 94 valence electrons. The Balaban J connectivity index is 2.78. The van der Waals surface area contributed by atoms with E-state index in [9.17, 15) is 13.0 Å². The van der Waals surface area contributed by atoms with Gasteiger partial charge in [-0.3, -0.25) is 0 Å². The molecule has 17 heavy (non-hydrogen) atoms. The van der Waals surface area contributed by atoms with E-state index in [0.717, 1.165) is 11.1 Å². The molecule has 0 unspecified atom stereocenters. The molecular formula is C12H17NO3S. The van der Waals surface area contributed by atoms with E-state index in [1.54, 1.807) is 20.2 Å². The summed E-state index contributed by atoms with van der Waals surface area (Å²) >= 11 is 0. The van der Waals surface area contributed by atoms with Crippen LogP contribution < -0.4 is 0 Å². The molecule has 1 aromatic carbocycles. The van der Waals surface area contributed by atoms with Crippen molar-refractivity contribution in [1.29, 1.82) is 0 Å². The van der Waals surface area contributed by atoms with Crippen molar-refractivity contribution in [2.45, 2.75) is 6.54 Å². The van der Waals surface area contributed by atoms with Gasteiger partial charge in [-0.1, -0.05) is 36.9 Å². The lowest BCUT2D eigenvalue weighted by Gasteiger charge is -2.30. The number of quaternary nitrogens is 1. The molecule has 0 radical (unpaired) electrons. The maximum Gasteiger partial charge on any atom is 0.169 e. The predicted molar refractivity (Wildman–Crippen MR) is 66.9 cm³/mol. The summed E-state index contributed by atoms with van der Waals surface area (Å²) < 4.78 is 32.4. The first-order valence-corrected chi connectivity index (χ1v) is 6.76. The highest BCUT2D eigenvalue weighted by atomic mass is 32.2. The second kappa shape index (κ2) is 5.00. The summed E-state index contributed by atoms with van der Waals surface area (Å²) in [6, 6.07) is 7.64. The van der Waals surface area contributed by atoms with Crippen molar-refractivity contribution in [1.82, 2.24) is 0 Å². The quantitative estimate of drug-likeness (QED) is 0.590. The van der Waals surface area contributed by atoms with Crippen LogP contribution in [0.15, 0.2) is 30.8 Å². The van der Waals surface area contributed by atoms with Gasteiger partial charge in [0.25, 0.3) is 0 Å². The van der Waals surface area contributed by atoms with Crippen LogP contribution in [0.25, 0.3) is 6.08 Å². The van der Waals surface area contributed by atoms with Crippen LogP contribution in [0, 0.1) is 0 Å². The maximum absolute atomic E-state index is 10.8. The van der Waals surface area contributed by atoms with E-state index in [0.29, 0.717) is 6.54 Å². The number of rotatable bonds is 5. The smallest absolute Gasteiger partial charge is 0.169 e. The molecule has 1 rings (SSSR count). The first-order chi connectivity index (χ1) is 7.72. The fourth-order valence-electron chi connectivity index (χ4n) is 1.73. The van der Waals surface area contributed by atoms with Gasteiger partial charge in [0.1, 0.15) is 16.7 Å². The lowest BCUT2D eigenvalue weighted by molar-refractivity contribution is -0.892. The van der Waals surface area contributed by atoms with E-state index in [-0.39, 0.29) is 4.48 Å². The van der Waals surface area contributed by atoms with Gasteiger partial charge < -0.3 is 9.04 Å². The third kappa shape index (κ3) is 5.12. The van der Waals surface area contributed by atoms with E-state index >= 15 is 0 Å². The molecule has 0 amide bonds. The van der Waals surface area contributed by atoms with Crippen LogP contribution in [-0.4, -0.2) is 37.4 Å². The molecule has 0 aliphatic carbocycles. The van der Waals surface area contributed by atoms with Crippen LogP contribution >= 0.6 is 0 Å². The molecule has 0 N–H and O–H groups in total. The van der Waals surface area contributed by atoms with Crippen molar-refractivity contribution < 1.29 is 17.5 Å². The Morgan fingerprint density at radius 1 is 1.29 bits per heavy atom. The summed E-state index contributed by atoms with van der Waals surface area (Å²) in [7, 11) is -0.770. The number of hydrogen-bond donors (Lipinski definition) is 0. The van der Waals surface area contributed by atoms with Crippen molar-refractivity contribution in [3.63, 3.8) is 0 Å². The van der Waals surface area contributed by atoms with E-state index in [4.69, 9.17) is 0 Å². The summed E-state index contributed by atoms with van der Waals surface area (Å²) in [5.41, 5.74) is 2.00. The van der Waals surface area contributed by atoms with Gasteiger partial charge in [-0.2, -0.15) is 0 Å². The van der Waals surface area contributed by atoms with Gasteiger partial charge >= 0.3 is 0 Å². The summed E-state index contributed by atoms with van der Waals surface area (Å²) in [6.07, 6.45) is 1.74. The Bertz CT molecular complexity index is 489. The van der Waals surface area contributed by atoms with Gasteiger partial charge in [-0.25, -0.2) is 8.42 Å². The van der Waals surface area contributed by atoms with Crippen molar-refractivity contribution in [3.05, 3.63) is 42.0 Å². The average Bonchev–Trinajstić information content (AvgIpc) is 2.14. The van der Waals surface area contributed by atoms with Crippen molar-refractivity contribution in [2.75, 3.05) is 20.0 Å². The fourth-order valence-corrected chi connectivity index (χ4v) is 2.67. The van der Waals surface area contributed by atoms with Crippen LogP contribution in [0.2, 0.25) is 0 Å². The molecule has 0 aliphatic heterocycles. The molecule has 0 bridgehead atoms. The molecule has 0 aromatic heterocycles. The maximum atomic E-state index is 10.8. The molecule has 0 heterocycles. The zero-order chi connectivity index (χ0) is 13.1. The molecule has 0 saturated heterocycles. The van der Waals surface area contributed by atoms with Crippen molar-refractivity contribution >= 4 is 16.2 Å². The molecular weight excluding hydrogens is 238 g/mol. The largest absolute Gasteiger partial charge is 0.744 e. The lowest BCUT2D eigenvalue weighted by Crippen LogP contribution is -2.42. The summed E-state index contributed by atoms with van der Waals surface area (Å²) in [5.74, 6) is -0.407. The molecule has 0 saturated carbocycles. The van der Waals surface area contributed by atoms with E-state index in [1.807, 2.05) is 24.3 Å². The zero-order valence-corrected chi connectivity index (χ0v) is 10.9. The standard InChI is InChI=1S/C12H17NO3S/c1-4-11-5-7-12(8-6-11)9-13(2,3)10-17(14,15)16/h4-8H,1,9-10H2,2-3H3. The van der Waals surface area contributed by atoms with E-state index in [2.05, 4.69) is 6.58 Å². The third-order valence-corrected chi connectivity index (χ3v) is 3.35. The van der Waals surface area contributed by atoms with Gasteiger partial charge in [-0.15, -0.1) is 0 Å². The van der Waals surface area contributed by atoms with E-state index in [1.165, 1.54) is 0 Å². The fraction of sp³-hybridized carbons (Fsp3) is 0.333. The van der Waals surface area contributed by atoms with Crippen molar-refractivity contribution in [3.8, 4) is 0 Å². The summed E-state index contributed by atoms with van der Waals surface area (Å²) in [6.45, 7) is 4.16. The Morgan fingerprint density at radius 3 is 2.24 bits per heavy atom.